The van der Waals surface area contributed by atoms with Crippen molar-refractivity contribution >= 4 is 5.97 Å². The molecular formula is C9H12F6O4. The van der Waals surface area contributed by atoms with Crippen LogP contribution in [-0.4, -0.2) is 48.9 Å². The summed E-state index contributed by atoms with van der Waals surface area (Å²) >= 11 is 0. The Morgan fingerprint density at radius 2 is 1.58 bits per heavy atom. The number of aliphatic carboxylic acids is 1. The number of alkyl halides is 6. The molecule has 10 heteroatoms. The molecule has 19 heavy (non-hydrogen) atoms. The van der Waals surface area contributed by atoms with Gasteiger partial charge < -0.3 is 14.6 Å². The van der Waals surface area contributed by atoms with Crippen molar-refractivity contribution in [3.63, 3.8) is 0 Å². The zero-order valence-corrected chi connectivity index (χ0v) is 9.77. The highest BCUT2D eigenvalue weighted by Gasteiger charge is 2.72. The Morgan fingerprint density at radius 1 is 1.11 bits per heavy atom. The zero-order valence-electron chi connectivity index (χ0n) is 9.77. The molecule has 0 radical (unpaired) electrons. The van der Waals surface area contributed by atoms with Crippen LogP contribution in [0.1, 0.15) is 13.3 Å². The van der Waals surface area contributed by atoms with Crippen LogP contribution in [0.5, 0.6) is 0 Å². The van der Waals surface area contributed by atoms with Gasteiger partial charge in [0, 0.05) is 6.61 Å². The smallest absolute Gasteiger partial charge is 0.428 e. The summed E-state index contributed by atoms with van der Waals surface area (Å²) in [5, 5.41) is 8.16. The van der Waals surface area contributed by atoms with Crippen molar-refractivity contribution in [3.8, 4) is 0 Å². The first kappa shape index (κ1) is 18.0. The second-order valence-electron chi connectivity index (χ2n) is 3.56. The molecule has 0 aromatic heterocycles. The molecule has 0 aromatic carbocycles. The van der Waals surface area contributed by atoms with E-state index in [0.29, 0.717) is 0 Å². The number of carboxylic acid groups (broad SMARTS) is 1. The lowest BCUT2D eigenvalue weighted by Gasteiger charge is -2.36. The minimum Gasteiger partial charge on any atom is -0.480 e. The fraction of sp³-hybridized carbons (Fsp3) is 0.889. The Labute approximate surface area is 104 Å². The predicted molar refractivity (Wildman–Crippen MR) is 49.5 cm³/mol. The van der Waals surface area contributed by atoms with Crippen LogP contribution in [0.25, 0.3) is 0 Å². The Morgan fingerprint density at radius 3 is 1.89 bits per heavy atom. The van der Waals surface area contributed by atoms with Gasteiger partial charge in [-0.3, -0.25) is 0 Å². The average molecular weight is 298 g/mol. The Balaban J connectivity index is 5.20. The molecule has 0 bridgehead atoms. The quantitative estimate of drug-likeness (QED) is 0.733. The van der Waals surface area contributed by atoms with E-state index < -0.39 is 43.7 Å². The summed E-state index contributed by atoms with van der Waals surface area (Å²) in [5.74, 6) is -1.69. The largest absolute Gasteiger partial charge is 0.480 e. The number of carbonyl (C=O) groups is 1. The third kappa shape index (κ3) is 4.53. The minimum absolute atomic E-state index is 0.0765. The van der Waals surface area contributed by atoms with Crippen molar-refractivity contribution in [3.05, 3.63) is 0 Å². The number of ether oxygens (including phenoxy) is 2. The van der Waals surface area contributed by atoms with Crippen molar-refractivity contribution in [2.45, 2.75) is 31.3 Å². The van der Waals surface area contributed by atoms with E-state index in [2.05, 4.69) is 9.47 Å². The van der Waals surface area contributed by atoms with Gasteiger partial charge in [-0.15, -0.1) is 0 Å². The van der Waals surface area contributed by atoms with E-state index in [1.807, 2.05) is 0 Å². The number of rotatable bonds is 7. The number of halogens is 6. The predicted octanol–water partition coefficient (Wildman–Crippen LogP) is 2.38. The summed E-state index contributed by atoms with van der Waals surface area (Å²) < 4.78 is 83.7. The molecule has 0 aliphatic rings. The fourth-order valence-electron chi connectivity index (χ4n) is 1.09. The van der Waals surface area contributed by atoms with Crippen molar-refractivity contribution in [2.24, 2.45) is 0 Å². The van der Waals surface area contributed by atoms with Crippen LogP contribution in [-0.2, 0) is 14.3 Å². The van der Waals surface area contributed by atoms with Crippen LogP contribution in [0.3, 0.4) is 0 Å². The normalized spacial score (nSPS) is 13.6. The molecule has 0 saturated carbocycles. The highest BCUT2D eigenvalue weighted by Crippen LogP contribution is 2.46. The second kappa shape index (κ2) is 6.42. The van der Waals surface area contributed by atoms with Crippen LogP contribution < -0.4 is 0 Å². The van der Waals surface area contributed by atoms with Gasteiger partial charge in [0.1, 0.15) is 6.61 Å². The first-order valence-electron chi connectivity index (χ1n) is 5.05. The summed E-state index contributed by atoms with van der Waals surface area (Å²) in [5.41, 5.74) is -4.52. The summed E-state index contributed by atoms with van der Waals surface area (Å²) in [6.45, 7) is -2.72. The number of hydrogen-bond donors (Lipinski definition) is 1. The Hall–Kier alpha value is -1.03. The van der Waals surface area contributed by atoms with Crippen molar-refractivity contribution in [1.82, 2.24) is 0 Å². The van der Waals surface area contributed by atoms with E-state index in [0.717, 1.165) is 0 Å². The van der Waals surface area contributed by atoms with Crippen molar-refractivity contribution < 1.29 is 45.7 Å². The molecule has 0 unspecified atom stereocenters. The monoisotopic (exact) mass is 298 g/mol. The third-order valence-corrected chi connectivity index (χ3v) is 2.00. The van der Waals surface area contributed by atoms with Crippen LogP contribution >= 0.6 is 0 Å². The molecule has 0 amide bonds. The lowest BCUT2D eigenvalue weighted by Crippen LogP contribution is -2.62. The van der Waals surface area contributed by atoms with Crippen LogP contribution in [0.2, 0.25) is 0 Å². The molecule has 0 aromatic rings. The summed E-state index contributed by atoms with van der Waals surface area (Å²) in [4.78, 5) is 10.1. The van der Waals surface area contributed by atoms with Crippen LogP contribution in [0.15, 0.2) is 0 Å². The minimum atomic E-state index is -5.78. The number of carboxylic acids is 1. The van der Waals surface area contributed by atoms with Gasteiger partial charge in [0.2, 0.25) is 0 Å². The molecule has 4 nitrogen and oxygen atoms in total. The molecular weight excluding hydrogens is 286 g/mol. The van der Waals surface area contributed by atoms with Crippen molar-refractivity contribution in [2.75, 3.05) is 19.8 Å². The summed E-state index contributed by atoms with van der Waals surface area (Å²) in [6.07, 6.45) is -11.6. The van der Waals surface area contributed by atoms with E-state index >= 15 is 0 Å². The molecule has 0 heterocycles. The summed E-state index contributed by atoms with van der Waals surface area (Å²) in [6, 6.07) is 0. The molecule has 0 rings (SSSR count). The van der Waals surface area contributed by atoms with Crippen LogP contribution in [0, 0.1) is 0 Å². The van der Waals surface area contributed by atoms with Crippen LogP contribution in [0.4, 0.5) is 26.3 Å². The molecule has 0 aliphatic heterocycles. The molecule has 1 N–H and O–H groups in total. The lowest BCUT2D eigenvalue weighted by molar-refractivity contribution is -0.390. The van der Waals surface area contributed by atoms with Gasteiger partial charge in [-0.05, 0) is 6.42 Å². The van der Waals surface area contributed by atoms with E-state index in [4.69, 9.17) is 5.11 Å². The third-order valence-electron chi connectivity index (χ3n) is 2.00. The SMILES string of the molecule is CCCOC(COCC(=O)O)(C(F)(F)F)C(F)(F)F. The molecule has 114 valence electrons. The van der Waals surface area contributed by atoms with E-state index in [1.165, 1.54) is 6.92 Å². The van der Waals surface area contributed by atoms with Gasteiger partial charge in [-0.1, -0.05) is 6.92 Å². The topological polar surface area (TPSA) is 55.8 Å². The molecule has 0 aliphatic carbocycles. The zero-order chi connectivity index (χ0) is 15.3. The molecule has 0 spiro atoms. The molecule has 0 atom stereocenters. The van der Waals surface area contributed by atoms with E-state index in [1.54, 1.807) is 0 Å². The standard InChI is InChI=1S/C9H12F6O4/c1-2-3-19-7(8(10,11)12,9(13,14)15)5-18-4-6(16)17/h2-5H2,1H3,(H,16,17). The first-order valence-corrected chi connectivity index (χ1v) is 5.05. The van der Waals surface area contributed by atoms with E-state index in [9.17, 15) is 31.1 Å². The summed E-state index contributed by atoms with van der Waals surface area (Å²) in [7, 11) is 0. The number of hydrogen-bond acceptors (Lipinski definition) is 3. The Bertz CT molecular complexity index is 284. The molecule has 0 saturated heterocycles. The van der Waals surface area contributed by atoms with Gasteiger partial charge in [0.15, 0.2) is 0 Å². The van der Waals surface area contributed by atoms with Gasteiger partial charge in [-0.2, -0.15) is 26.3 Å². The molecule has 0 fully saturated rings. The highest BCUT2D eigenvalue weighted by molar-refractivity contribution is 5.68. The fourth-order valence-corrected chi connectivity index (χ4v) is 1.09. The lowest BCUT2D eigenvalue weighted by atomic mass is 10.0. The van der Waals surface area contributed by atoms with Gasteiger partial charge in [0.05, 0.1) is 6.61 Å². The van der Waals surface area contributed by atoms with Gasteiger partial charge in [-0.25, -0.2) is 4.79 Å². The van der Waals surface area contributed by atoms with Gasteiger partial charge in [0.25, 0.3) is 5.60 Å². The maximum atomic E-state index is 12.6. The Kier molecular flexibility index (Phi) is 6.07. The second-order valence-corrected chi connectivity index (χ2v) is 3.56. The van der Waals surface area contributed by atoms with Gasteiger partial charge >= 0.3 is 18.3 Å². The first-order chi connectivity index (χ1) is 8.48. The maximum absolute atomic E-state index is 12.6. The average Bonchev–Trinajstić information content (AvgIpc) is 2.18. The van der Waals surface area contributed by atoms with E-state index in [-0.39, 0.29) is 6.42 Å². The van der Waals surface area contributed by atoms with Crippen molar-refractivity contribution in [1.29, 1.82) is 0 Å². The maximum Gasteiger partial charge on any atom is 0.428 e. The highest BCUT2D eigenvalue weighted by atomic mass is 19.4.